The van der Waals surface area contributed by atoms with Crippen molar-refractivity contribution in [1.82, 2.24) is 0 Å². The minimum atomic E-state index is 1.01. The van der Waals surface area contributed by atoms with Gasteiger partial charge in [-0.3, -0.25) is 0 Å². The Kier molecular flexibility index (Phi) is 6.86. The van der Waals surface area contributed by atoms with E-state index in [1.54, 1.807) is 0 Å². The molecule has 0 heteroatoms. The van der Waals surface area contributed by atoms with Gasteiger partial charge in [-0.15, -0.1) is 0 Å². The van der Waals surface area contributed by atoms with Gasteiger partial charge in [0.15, 0.2) is 0 Å². The molecule has 0 nitrogen and oxygen atoms in total. The van der Waals surface area contributed by atoms with Crippen molar-refractivity contribution in [1.29, 1.82) is 0 Å². The summed E-state index contributed by atoms with van der Waals surface area (Å²) in [4.78, 5) is 0. The van der Waals surface area contributed by atoms with Crippen molar-refractivity contribution in [3.8, 4) is 0 Å². The van der Waals surface area contributed by atoms with E-state index in [2.05, 4.69) is 75.4 Å². The summed E-state index contributed by atoms with van der Waals surface area (Å²) in [5.41, 5.74) is 4.21. The topological polar surface area (TPSA) is 0 Å². The second-order valence-electron chi connectivity index (χ2n) is 4.95. The lowest BCUT2D eigenvalue weighted by atomic mass is 10.1. The molecule has 0 fully saturated rings. The number of hydrogen-bond acceptors (Lipinski definition) is 0. The van der Waals surface area contributed by atoms with Gasteiger partial charge in [-0.2, -0.15) is 0 Å². The third kappa shape index (κ3) is 6.90. The highest BCUT2D eigenvalue weighted by Gasteiger charge is 1.88. The highest BCUT2D eigenvalue weighted by Crippen LogP contribution is 2.07. The maximum Gasteiger partial charge on any atom is -0.00943 e. The minimum absolute atomic E-state index is 1.01. The van der Waals surface area contributed by atoms with Gasteiger partial charge in [-0.25, -0.2) is 0 Å². The standard InChI is InChI=1S/C18H24/c1-16(2)10-9-12-17(3)11-7-8-15-18-13-5-4-6-14-18/h4-8,10-11,13-14H,9,12,15H2,1-3H3/b8-7?,17-11+. The van der Waals surface area contributed by atoms with Gasteiger partial charge in [0.05, 0.1) is 0 Å². The van der Waals surface area contributed by atoms with E-state index in [-0.39, 0.29) is 0 Å². The predicted molar refractivity (Wildman–Crippen MR) is 81.7 cm³/mol. The van der Waals surface area contributed by atoms with Crippen LogP contribution in [0.2, 0.25) is 0 Å². The first-order valence-electron chi connectivity index (χ1n) is 6.68. The van der Waals surface area contributed by atoms with Crippen molar-refractivity contribution in [2.24, 2.45) is 0 Å². The molecular weight excluding hydrogens is 216 g/mol. The first-order valence-corrected chi connectivity index (χ1v) is 6.68. The van der Waals surface area contributed by atoms with E-state index in [4.69, 9.17) is 0 Å². The molecule has 0 amide bonds. The van der Waals surface area contributed by atoms with Crippen LogP contribution in [0.5, 0.6) is 0 Å². The molecule has 96 valence electrons. The fraction of sp³-hybridized carbons (Fsp3) is 0.333. The molecule has 0 aromatic heterocycles. The molecule has 0 aliphatic rings. The number of hydrogen-bond donors (Lipinski definition) is 0. The van der Waals surface area contributed by atoms with Gasteiger partial charge in [0.25, 0.3) is 0 Å². The van der Waals surface area contributed by atoms with Crippen molar-refractivity contribution in [2.75, 3.05) is 0 Å². The molecule has 0 spiro atoms. The summed E-state index contributed by atoms with van der Waals surface area (Å²) in [6.07, 6.45) is 12.2. The summed E-state index contributed by atoms with van der Waals surface area (Å²) in [5, 5.41) is 0. The summed E-state index contributed by atoms with van der Waals surface area (Å²) < 4.78 is 0. The third-order valence-electron chi connectivity index (χ3n) is 2.80. The lowest BCUT2D eigenvalue weighted by Crippen LogP contribution is -1.79. The van der Waals surface area contributed by atoms with Gasteiger partial charge in [-0.05, 0) is 45.6 Å². The van der Waals surface area contributed by atoms with Gasteiger partial charge in [0, 0.05) is 0 Å². The van der Waals surface area contributed by atoms with E-state index in [1.165, 1.54) is 16.7 Å². The van der Waals surface area contributed by atoms with Crippen LogP contribution in [0.15, 0.2) is 65.8 Å². The molecule has 0 atom stereocenters. The van der Waals surface area contributed by atoms with E-state index < -0.39 is 0 Å². The van der Waals surface area contributed by atoms with Crippen LogP contribution in [-0.4, -0.2) is 0 Å². The molecule has 0 bridgehead atoms. The Hall–Kier alpha value is -1.56. The van der Waals surface area contributed by atoms with Crippen LogP contribution in [-0.2, 0) is 6.42 Å². The maximum absolute atomic E-state index is 2.30. The van der Waals surface area contributed by atoms with E-state index >= 15 is 0 Å². The number of rotatable bonds is 6. The van der Waals surface area contributed by atoms with E-state index in [1.807, 2.05) is 0 Å². The van der Waals surface area contributed by atoms with Gasteiger partial charge in [0.1, 0.15) is 0 Å². The van der Waals surface area contributed by atoms with Gasteiger partial charge in [-0.1, -0.05) is 65.8 Å². The highest BCUT2D eigenvalue weighted by molar-refractivity contribution is 5.19. The average Bonchev–Trinajstić information content (AvgIpc) is 2.35. The molecule has 0 heterocycles. The zero-order chi connectivity index (χ0) is 13.2. The molecule has 1 aromatic rings. The van der Waals surface area contributed by atoms with Gasteiger partial charge < -0.3 is 0 Å². The Balaban J connectivity index is 2.32. The molecular formula is C18H24. The second kappa shape index (κ2) is 8.52. The molecule has 0 saturated heterocycles. The smallest absolute Gasteiger partial charge is 0.00943 e. The largest absolute Gasteiger partial charge is 0.0856 e. The fourth-order valence-corrected chi connectivity index (χ4v) is 1.72. The zero-order valence-corrected chi connectivity index (χ0v) is 11.8. The Bertz CT molecular complexity index is 415. The highest BCUT2D eigenvalue weighted by atomic mass is 13.9. The maximum atomic E-state index is 2.30. The van der Waals surface area contributed by atoms with Crippen LogP contribution in [0.4, 0.5) is 0 Å². The molecule has 1 aromatic carbocycles. The Morgan fingerprint density at radius 1 is 1.06 bits per heavy atom. The van der Waals surface area contributed by atoms with Crippen molar-refractivity contribution in [2.45, 2.75) is 40.0 Å². The van der Waals surface area contributed by atoms with E-state index in [0.29, 0.717) is 0 Å². The molecule has 18 heavy (non-hydrogen) atoms. The molecule has 0 radical (unpaired) electrons. The number of allylic oxidation sites excluding steroid dienone is 6. The van der Waals surface area contributed by atoms with Crippen LogP contribution in [0.1, 0.15) is 39.2 Å². The summed E-state index contributed by atoms with van der Waals surface area (Å²) in [6, 6.07) is 10.6. The fourth-order valence-electron chi connectivity index (χ4n) is 1.72. The summed E-state index contributed by atoms with van der Waals surface area (Å²) in [7, 11) is 0. The monoisotopic (exact) mass is 240 g/mol. The SMILES string of the molecule is CC(C)=CCC/C(C)=C/C=CCc1ccccc1. The molecule has 0 saturated carbocycles. The van der Waals surface area contributed by atoms with E-state index in [0.717, 1.165) is 19.3 Å². The zero-order valence-electron chi connectivity index (χ0n) is 11.8. The van der Waals surface area contributed by atoms with Gasteiger partial charge in [0.2, 0.25) is 0 Å². The third-order valence-corrected chi connectivity index (χ3v) is 2.80. The van der Waals surface area contributed by atoms with Crippen LogP contribution >= 0.6 is 0 Å². The first kappa shape index (κ1) is 14.5. The lowest BCUT2D eigenvalue weighted by Gasteiger charge is -1.97. The van der Waals surface area contributed by atoms with Crippen LogP contribution in [0, 0.1) is 0 Å². The summed E-state index contributed by atoms with van der Waals surface area (Å²) in [6.45, 7) is 6.50. The molecule has 0 aliphatic heterocycles. The second-order valence-corrected chi connectivity index (χ2v) is 4.95. The number of benzene rings is 1. The van der Waals surface area contributed by atoms with Crippen molar-refractivity contribution >= 4 is 0 Å². The Labute approximate surface area is 112 Å². The van der Waals surface area contributed by atoms with Crippen LogP contribution in [0.3, 0.4) is 0 Å². The lowest BCUT2D eigenvalue weighted by molar-refractivity contribution is 0.967. The van der Waals surface area contributed by atoms with Crippen molar-refractivity contribution in [3.05, 3.63) is 71.3 Å². The van der Waals surface area contributed by atoms with Crippen molar-refractivity contribution < 1.29 is 0 Å². The molecule has 0 N–H and O–H groups in total. The van der Waals surface area contributed by atoms with Crippen molar-refractivity contribution in [3.63, 3.8) is 0 Å². The first-order chi connectivity index (χ1) is 8.68. The Morgan fingerprint density at radius 2 is 1.78 bits per heavy atom. The quantitative estimate of drug-likeness (QED) is 0.456. The molecule has 0 aliphatic carbocycles. The normalized spacial score (nSPS) is 11.8. The van der Waals surface area contributed by atoms with Crippen LogP contribution in [0.25, 0.3) is 0 Å². The summed E-state index contributed by atoms with van der Waals surface area (Å²) >= 11 is 0. The van der Waals surface area contributed by atoms with Crippen LogP contribution < -0.4 is 0 Å². The van der Waals surface area contributed by atoms with Gasteiger partial charge >= 0.3 is 0 Å². The van der Waals surface area contributed by atoms with E-state index in [9.17, 15) is 0 Å². The average molecular weight is 240 g/mol. The summed E-state index contributed by atoms with van der Waals surface area (Å²) in [5.74, 6) is 0. The Morgan fingerprint density at radius 3 is 2.44 bits per heavy atom. The predicted octanol–water partition coefficient (Wildman–Crippen LogP) is 5.48. The molecule has 1 rings (SSSR count). The minimum Gasteiger partial charge on any atom is -0.0856 e. The molecule has 0 unspecified atom stereocenters.